The molecule has 0 bridgehead atoms. The van der Waals surface area contributed by atoms with E-state index in [1.165, 1.54) is 31.2 Å². The van der Waals surface area contributed by atoms with Gasteiger partial charge in [-0.15, -0.1) is 0 Å². The van der Waals surface area contributed by atoms with Crippen LogP contribution in [0.15, 0.2) is 24.3 Å². The van der Waals surface area contributed by atoms with Gasteiger partial charge in [-0.1, -0.05) is 55.5 Å². The van der Waals surface area contributed by atoms with E-state index in [-0.39, 0.29) is 23.7 Å². The van der Waals surface area contributed by atoms with E-state index in [0.717, 1.165) is 18.4 Å². The minimum Gasteiger partial charge on any atom is -0.353 e. The van der Waals surface area contributed by atoms with Crippen molar-refractivity contribution in [3.05, 3.63) is 35.4 Å². The standard InChI is InChI=1S/C20H28N2O2/c1-14-7-6-8-15(11-14)13-21-19(23)17-12-18(17)20(24)22-16-9-4-2-3-5-10-16/h6-8,11,16-18H,2-5,9-10,12-13H2,1H3,(H,21,23)(H,22,24). The van der Waals surface area contributed by atoms with Crippen molar-refractivity contribution in [2.24, 2.45) is 11.8 Å². The minimum absolute atomic E-state index is 0.0116. The molecule has 24 heavy (non-hydrogen) atoms. The Hall–Kier alpha value is -1.84. The molecule has 2 aliphatic carbocycles. The van der Waals surface area contributed by atoms with Crippen molar-refractivity contribution >= 4 is 11.8 Å². The lowest BCUT2D eigenvalue weighted by Gasteiger charge is -2.16. The lowest BCUT2D eigenvalue weighted by molar-refractivity contribution is -0.127. The average Bonchev–Trinajstić information content (AvgIpc) is 3.37. The van der Waals surface area contributed by atoms with E-state index in [1.807, 2.05) is 25.1 Å². The first kappa shape index (κ1) is 17.0. The zero-order chi connectivity index (χ0) is 16.9. The second-order valence-corrected chi connectivity index (χ2v) is 7.35. The molecular formula is C20H28N2O2. The van der Waals surface area contributed by atoms with Crippen molar-refractivity contribution in [2.75, 3.05) is 0 Å². The average molecular weight is 328 g/mol. The Morgan fingerprint density at radius 2 is 1.75 bits per heavy atom. The van der Waals surface area contributed by atoms with Crippen LogP contribution in [0.5, 0.6) is 0 Å². The molecule has 2 atom stereocenters. The highest BCUT2D eigenvalue weighted by Gasteiger charge is 2.48. The van der Waals surface area contributed by atoms with Gasteiger partial charge in [0.2, 0.25) is 11.8 Å². The molecule has 2 N–H and O–H groups in total. The first-order chi connectivity index (χ1) is 11.6. The molecule has 1 aromatic rings. The summed E-state index contributed by atoms with van der Waals surface area (Å²) in [6.45, 7) is 2.58. The fraction of sp³-hybridized carbons (Fsp3) is 0.600. The van der Waals surface area contributed by atoms with Crippen molar-refractivity contribution in [3.63, 3.8) is 0 Å². The zero-order valence-corrected chi connectivity index (χ0v) is 14.5. The van der Waals surface area contributed by atoms with Crippen LogP contribution < -0.4 is 10.6 Å². The number of carbonyl (C=O) groups is 2. The molecule has 2 unspecified atom stereocenters. The summed E-state index contributed by atoms with van der Waals surface area (Å²) in [6, 6.07) is 8.44. The highest BCUT2D eigenvalue weighted by atomic mass is 16.2. The number of benzene rings is 1. The fourth-order valence-electron chi connectivity index (χ4n) is 3.65. The second kappa shape index (κ2) is 7.82. The van der Waals surface area contributed by atoms with Gasteiger partial charge < -0.3 is 10.6 Å². The molecule has 2 amide bonds. The van der Waals surface area contributed by atoms with E-state index in [4.69, 9.17) is 0 Å². The van der Waals surface area contributed by atoms with Crippen LogP contribution >= 0.6 is 0 Å². The van der Waals surface area contributed by atoms with Crippen LogP contribution in [0.3, 0.4) is 0 Å². The summed E-state index contributed by atoms with van der Waals surface area (Å²) in [5.74, 6) is -0.165. The van der Waals surface area contributed by atoms with E-state index in [2.05, 4.69) is 16.7 Å². The Morgan fingerprint density at radius 1 is 1.04 bits per heavy atom. The third-order valence-corrected chi connectivity index (χ3v) is 5.21. The molecule has 4 heteroatoms. The van der Waals surface area contributed by atoms with E-state index in [1.54, 1.807) is 0 Å². The number of nitrogens with one attached hydrogen (secondary N) is 2. The van der Waals surface area contributed by atoms with E-state index in [9.17, 15) is 9.59 Å². The summed E-state index contributed by atoms with van der Waals surface area (Å²) in [4.78, 5) is 24.6. The lowest BCUT2D eigenvalue weighted by atomic mass is 10.1. The van der Waals surface area contributed by atoms with Crippen molar-refractivity contribution in [2.45, 2.75) is 64.5 Å². The normalized spacial score (nSPS) is 24.0. The highest BCUT2D eigenvalue weighted by Crippen LogP contribution is 2.39. The van der Waals surface area contributed by atoms with Gasteiger partial charge in [0.05, 0.1) is 11.8 Å². The third kappa shape index (κ3) is 4.59. The highest BCUT2D eigenvalue weighted by molar-refractivity contribution is 5.92. The predicted molar refractivity (Wildman–Crippen MR) is 94.3 cm³/mol. The van der Waals surface area contributed by atoms with Crippen molar-refractivity contribution in [1.82, 2.24) is 10.6 Å². The summed E-state index contributed by atoms with van der Waals surface area (Å²) in [5, 5.41) is 6.14. The van der Waals surface area contributed by atoms with Gasteiger partial charge in [0.15, 0.2) is 0 Å². The molecule has 2 fully saturated rings. The Kier molecular flexibility index (Phi) is 5.54. The molecule has 0 spiro atoms. The van der Waals surface area contributed by atoms with E-state index >= 15 is 0 Å². The number of amides is 2. The van der Waals surface area contributed by atoms with Crippen LogP contribution in [-0.2, 0) is 16.1 Å². The van der Waals surface area contributed by atoms with Crippen molar-refractivity contribution < 1.29 is 9.59 Å². The van der Waals surface area contributed by atoms with Gasteiger partial charge in [0, 0.05) is 12.6 Å². The van der Waals surface area contributed by atoms with Gasteiger partial charge in [0.1, 0.15) is 0 Å². The van der Waals surface area contributed by atoms with Crippen molar-refractivity contribution in [3.8, 4) is 0 Å². The van der Waals surface area contributed by atoms with E-state index in [0.29, 0.717) is 19.0 Å². The lowest BCUT2D eigenvalue weighted by Crippen LogP contribution is -2.36. The molecule has 0 saturated heterocycles. The quantitative estimate of drug-likeness (QED) is 0.816. The van der Waals surface area contributed by atoms with Gasteiger partial charge in [-0.25, -0.2) is 0 Å². The van der Waals surface area contributed by atoms with Crippen LogP contribution in [0.25, 0.3) is 0 Å². The smallest absolute Gasteiger partial charge is 0.224 e. The molecule has 0 aromatic heterocycles. The maximum atomic E-state index is 12.3. The van der Waals surface area contributed by atoms with Gasteiger partial charge in [-0.2, -0.15) is 0 Å². The number of aryl methyl sites for hydroxylation is 1. The molecule has 1 aromatic carbocycles. The number of rotatable bonds is 5. The molecule has 2 aliphatic rings. The maximum Gasteiger partial charge on any atom is 0.224 e. The second-order valence-electron chi connectivity index (χ2n) is 7.35. The Morgan fingerprint density at radius 3 is 2.46 bits per heavy atom. The van der Waals surface area contributed by atoms with Gasteiger partial charge in [-0.3, -0.25) is 9.59 Å². The molecule has 130 valence electrons. The third-order valence-electron chi connectivity index (χ3n) is 5.21. The van der Waals surface area contributed by atoms with Gasteiger partial charge >= 0.3 is 0 Å². The van der Waals surface area contributed by atoms with Gasteiger partial charge in [-0.05, 0) is 31.7 Å². The van der Waals surface area contributed by atoms with Crippen LogP contribution in [0, 0.1) is 18.8 Å². The Bertz CT molecular complexity index is 591. The largest absolute Gasteiger partial charge is 0.353 e. The molecule has 0 aliphatic heterocycles. The first-order valence-electron chi connectivity index (χ1n) is 9.27. The summed E-state index contributed by atoms with van der Waals surface area (Å²) in [6.07, 6.45) is 7.83. The SMILES string of the molecule is Cc1cccc(CNC(=O)C2CC2C(=O)NC2CCCCCC2)c1. The Labute approximate surface area is 144 Å². The summed E-state index contributed by atoms with van der Waals surface area (Å²) >= 11 is 0. The van der Waals surface area contributed by atoms with Crippen molar-refractivity contribution in [1.29, 1.82) is 0 Å². The topological polar surface area (TPSA) is 58.2 Å². The van der Waals surface area contributed by atoms with E-state index < -0.39 is 0 Å². The molecule has 0 heterocycles. The number of hydrogen-bond acceptors (Lipinski definition) is 2. The van der Waals surface area contributed by atoms with Crippen LogP contribution in [0.2, 0.25) is 0 Å². The monoisotopic (exact) mass is 328 g/mol. The maximum absolute atomic E-state index is 12.3. The zero-order valence-electron chi connectivity index (χ0n) is 14.5. The molecular weight excluding hydrogens is 300 g/mol. The first-order valence-corrected chi connectivity index (χ1v) is 9.27. The fourth-order valence-corrected chi connectivity index (χ4v) is 3.65. The summed E-state index contributed by atoms with van der Waals surface area (Å²) in [7, 11) is 0. The molecule has 4 nitrogen and oxygen atoms in total. The summed E-state index contributed by atoms with van der Waals surface area (Å²) in [5.41, 5.74) is 2.29. The minimum atomic E-state index is -0.138. The Balaban J connectivity index is 1.42. The molecule has 0 radical (unpaired) electrons. The number of hydrogen-bond donors (Lipinski definition) is 2. The predicted octanol–water partition coefficient (Wildman–Crippen LogP) is 3.09. The summed E-state index contributed by atoms with van der Waals surface area (Å²) < 4.78 is 0. The number of carbonyl (C=O) groups excluding carboxylic acids is 2. The molecule has 2 saturated carbocycles. The van der Waals surface area contributed by atoms with Crippen LogP contribution in [0.4, 0.5) is 0 Å². The van der Waals surface area contributed by atoms with Crippen LogP contribution in [-0.4, -0.2) is 17.9 Å². The van der Waals surface area contributed by atoms with Crippen LogP contribution in [0.1, 0.15) is 56.1 Å². The van der Waals surface area contributed by atoms with Gasteiger partial charge in [0.25, 0.3) is 0 Å². The molecule has 3 rings (SSSR count).